The van der Waals surface area contributed by atoms with Crippen molar-refractivity contribution in [1.29, 1.82) is 0 Å². The number of carboxylic acids is 1. The number of ether oxygens (including phenoxy) is 1. The molecule has 0 radical (unpaired) electrons. The topological polar surface area (TPSA) is 88.0 Å². The van der Waals surface area contributed by atoms with Crippen molar-refractivity contribution in [3.8, 4) is 16.9 Å². The van der Waals surface area contributed by atoms with E-state index in [4.69, 9.17) is 14.6 Å². The summed E-state index contributed by atoms with van der Waals surface area (Å²) in [5.41, 5.74) is 2.85. The molecule has 1 aliphatic rings. The van der Waals surface area contributed by atoms with Crippen LogP contribution in [0.1, 0.15) is 12.5 Å². The van der Waals surface area contributed by atoms with Crippen molar-refractivity contribution in [2.45, 2.75) is 6.92 Å². The molecule has 1 amide bonds. The van der Waals surface area contributed by atoms with Gasteiger partial charge in [-0.15, -0.1) is 0 Å². The number of amidine groups is 1. The van der Waals surface area contributed by atoms with E-state index in [1.54, 1.807) is 19.3 Å². The summed E-state index contributed by atoms with van der Waals surface area (Å²) in [6.07, 6.45) is 1.54. The van der Waals surface area contributed by atoms with Crippen LogP contribution in [-0.4, -0.2) is 57.2 Å². The molecule has 4 rings (SSSR count). The van der Waals surface area contributed by atoms with Crippen LogP contribution < -0.4 is 12.9 Å². The van der Waals surface area contributed by atoms with Gasteiger partial charge in [-0.2, -0.15) is 0 Å². The molecule has 0 spiro atoms. The molecule has 9 heteroatoms. The normalized spacial score (nSPS) is 13.7. The number of amides is 1. The van der Waals surface area contributed by atoms with E-state index in [0.717, 1.165) is 57.4 Å². The predicted molar refractivity (Wildman–Crippen MR) is 135 cm³/mol. The quantitative estimate of drug-likeness (QED) is 0.418. The fraction of sp³-hybridized carbons (Fsp3) is 0.0800. The van der Waals surface area contributed by atoms with E-state index in [9.17, 15) is 9.18 Å². The Morgan fingerprint density at radius 1 is 1.09 bits per heavy atom. The van der Waals surface area contributed by atoms with Gasteiger partial charge in [0, 0.05) is 6.92 Å². The van der Waals surface area contributed by atoms with E-state index in [-0.39, 0.29) is 5.91 Å². The first kappa shape index (κ1) is 25.7. The molecule has 0 saturated heterocycles. The third-order valence-corrected chi connectivity index (χ3v) is 6.20. The monoisotopic (exact) mass is 486 g/mol. The van der Waals surface area contributed by atoms with Crippen molar-refractivity contribution in [3.63, 3.8) is 0 Å². The van der Waals surface area contributed by atoms with Gasteiger partial charge in [0.15, 0.2) is 0 Å². The van der Waals surface area contributed by atoms with Crippen LogP contribution in [0.4, 0.5) is 10.1 Å². The van der Waals surface area contributed by atoms with E-state index in [2.05, 4.69) is 10.3 Å². The van der Waals surface area contributed by atoms with Gasteiger partial charge in [0.25, 0.3) is 5.97 Å². The van der Waals surface area contributed by atoms with E-state index < -0.39 is 11.8 Å². The van der Waals surface area contributed by atoms with Gasteiger partial charge in [-0.3, -0.25) is 4.79 Å². The summed E-state index contributed by atoms with van der Waals surface area (Å²) in [5, 5.41) is 11.0. The fourth-order valence-corrected chi connectivity index (χ4v) is 4.13. The molecule has 0 bridgehead atoms. The zero-order valence-electron chi connectivity index (χ0n) is 18.8. The molecule has 6 nitrogen and oxygen atoms in total. The minimum absolute atomic E-state index is 0.347. The molecule has 3 aromatic rings. The summed E-state index contributed by atoms with van der Waals surface area (Å²) in [7, 11) is 1.60. The summed E-state index contributed by atoms with van der Waals surface area (Å²) in [6.45, 7) is 1.08. The summed E-state index contributed by atoms with van der Waals surface area (Å²) >= 11 is 2.19. The van der Waals surface area contributed by atoms with Crippen molar-refractivity contribution in [2.75, 3.05) is 12.4 Å². The number of aliphatic carboxylic acids is 1. The average molecular weight is 487 g/mol. The number of carboxylic acid groups (broad SMARTS) is 1. The Morgan fingerprint density at radius 2 is 1.71 bits per heavy atom. The molecule has 0 saturated carbocycles. The molecule has 1 heterocycles. The number of anilines is 1. The minimum Gasteiger partial charge on any atom is -0.0507 e. The Labute approximate surface area is 218 Å². The first-order valence-corrected chi connectivity index (χ1v) is 12.1. The second kappa shape index (κ2) is 12.0. The second-order valence-corrected chi connectivity index (χ2v) is 9.49. The van der Waals surface area contributed by atoms with Crippen LogP contribution in [0, 0.1) is 5.82 Å². The Hall–Kier alpha value is -2.91. The summed E-state index contributed by atoms with van der Waals surface area (Å²) < 4.78 is 21.1. The van der Waals surface area contributed by atoms with Gasteiger partial charge in [0.1, 0.15) is 5.75 Å². The van der Waals surface area contributed by atoms with Crippen molar-refractivity contribution < 1.29 is 23.8 Å². The minimum atomic E-state index is -0.833. The Kier molecular flexibility index (Phi) is 9.06. The summed E-state index contributed by atoms with van der Waals surface area (Å²) in [4.78, 5) is 25.7. The van der Waals surface area contributed by atoms with E-state index in [1.165, 1.54) is 20.6 Å². The van der Waals surface area contributed by atoms with Crippen molar-refractivity contribution in [1.82, 2.24) is 0 Å². The van der Waals surface area contributed by atoms with Gasteiger partial charge >= 0.3 is 144 Å². The number of thioether (sulfide) groups is 1. The van der Waals surface area contributed by atoms with Crippen LogP contribution in [-0.2, 0) is 9.59 Å². The van der Waals surface area contributed by atoms with Gasteiger partial charge in [0.2, 0.25) is 0 Å². The number of aliphatic imine (C=N–C) groups is 1. The smallest absolute Gasteiger partial charge is 0.0507 e. The summed E-state index contributed by atoms with van der Waals surface area (Å²) in [6, 6.07) is 20.4. The number of benzene rings is 3. The van der Waals surface area contributed by atoms with Crippen molar-refractivity contribution in [3.05, 3.63) is 83.0 Å². The Balaban J connectivity index is 0.000000751. The van der Waals surface area contributed by atoms with Crippen LogP contribution >= 0.6 is 11.8 Å². The number of carbonyl (C=O) groups is 2. The third-order valence-electron chi connectivity index (χ3n) is 4.63. The number of carbonyl (C=O) groups excluding carboxylic acids is 1. The van der Waals surface area contributed by atoms with E-state index in [0.29, 0.717) is 15.6 Å². The maximum absolute atomic E-state index is 14.7. The molecular weight excluding hydrogens is 466 g/mol. The van der Waals surface area contributed by atoms with Crippen LogP contribution in [0.5, 0.6) is 5.75 Å². The third kappa shape index (κ3) is 7.30. The van der Waals surface area contributed by atoms with Crippen LogP contribution in [0.2, 0.25) is 0 Å². The number of hydrogen-bond donors (Lipinski definition) is 2. The van der Waals surface area contributed by atoms with Gasteiger partial charge in [-0.25, -0.2) is 0 Å². The molecule has 0 unspecified atom stereocenters. The van der Waals surface area contributed by atoms with Crippen LogP contribution in [0.25, 0.3) is 17.2 Å². The first-order valence-electron chi connectivity index (χ1n) is 10.2. The molecule has 0 fully saturated rings. The number of halogens is 1. The fourth-order valence-electron chi connectivity index (χ4n) is 2.97. The number of nitrogens with zero attached hydrogens (tertiary/aromatic N) is 1. The predicted octanol–water partition coefficient (Wildman–Crippen LogP) is 4.47. The van der Waals surface area contributed by atoms with Crippen molar-refractivity contribution in [2.24, 2.45) is 4.99 Å². The number of nitrogens with one attached hydrogen (secondary N) is 1. The summed E-state index contributed by atoms with van der Waals surface area (Å²) in [5.74, 6) is -0.858. The second-order valence-electron chi connectivity index (χ2n) is 7.31. The van der Waals surface area contributed by atoms with Gasteiger partial charge in [-0.05, 0) is 23.3 Å². The molecule has 0 atom stereocenters. The molecule has 0 aliphatic carbocycles. The average Bonchev–Trinajstić information content (AvgIpc) is 3.15. The number of hydrogen-bond acceptors (Lipinski definition) is 5. The Bertz CT molecular complexity index is 1250. The first-order chi connectivity index (χ1) is 16.2. The SMILES string of the molecule is CC(=O)O.COc1ccc(-c2ccc(/C=C3/SC(Nc4cc[c]([Na])cc4)=NC3=O)c(F)c2)cc1. The Morgan fingerprint density at radius 3 is 2.29 bits per heavy atom. The standard InChI is InChI=1S/C23H16FN2O2S.C2H4O2.Na/c1-28-19-11-9-15(10-12-19)16-7-8-17(20(24)13-16)14-21-22(27)26-23(29-21)25-18-5-3-2-4-6-18;1-2(3)4;/h3-14H,1H3,(H,25,26,27);1H3,(H,3,4);/b21-14+;;. The zero-order valence-corrected chi connectivity index (χ0v) is 21.7. The molecule has 34 heavy (non-hydrogen) atoms. The molecule has 168 valence electrons. The van der Waals surface area contributed by atoms with Gasteiger partial charge in [-0.1, -0.05) is 12.1 Å². The van der Waals surface area contributed by atoms with Crippen LogP contribution in [0.15, 0.2) is 76.6 Å². The number of rotatable bonds is 4. The molecule has 2 N–H and O–H groups in total. The van der Waals surface area contributed by atoms with Gasteiger partial charge < -0.3 is 9.84 Å². The van der Waals surface area contributed by atoms with Crippen molar-refractivity contribution >= 4 is 71.3 Å². The molecule has 3 aromatic carbocycles. The van der Waals surface area contributed by atoms with Crippen LogP contribution in [0.3, 0.4) is 0 Å². The zero-order chi connectivity index (χ0) is 24.7. The molecular formula is C25H20FN2NaO4S. The molecule has 0 aromatic heterocycles. The van der Waals surface area contributed by atoms with E-state index in [1.807, 2.05) is 54.6 Å². The molecule has 1 aliphatic heterocycles. The number of methoxy groups -OCH3 is 1. The van der Waals surface area contributed by atoms with Gasteiger partial charge in [0.05, 0.1) is 7.11 Å². The van der Waals surface area contributed by atoms with E-state index >= 15 is 0 Å². The maximum atomic E-state index is 14.7.